The summed E-state index contributed by atoms with van der Waals surface area (Å²) in [5.41, 5.74) is -0.606. The maximum atomic E-state index is 12.5. The summed E-state index contributed by atoms with van der Waals surface area (Å²) in [5.74, 6) is 4.02. The van der Waals surface area contributed by atoms with E-state index < -0.39 is 5.60 Å². The van der Waals surface area contributed by atoms with Gasteiger partial charge in [0.1, 0.15) is 5.78 Å². The van der Waals surface area contributed by atoms with Gasteiger partial charge in [-0.2, -0.15) is 0 Å². The topological polar surface area (TPSA) is 46.5 Å². The first kappa shape index (κ1) is 18.9. The van der Waals surface area contributed by atoms with Crippen LogP contribution in [0.25, 0.3) is 0 Å². The number of methoxy groups -OCH3 is 1. The quantitative estimate of drug-likeness (QED) is 0.780. The Kier molecular flexibility index (Phi) is 4.40. The maximum absolute atomic E-state index is 12.5. The lowest BCUT2D eigenvalue weighted by atomic mass is 9.46. The van der Waals surface area contributed by atoms with Crippen LogP contribution in [0.4, 0.5) is 0 Å². The molecule has 0 aromatic rings. The van der Waals surface area contributed by atoms with E-state index >= 15 is 0 Å². The van der Waals surface area contributed by atoms with Crippen molar-refractivity contribution in [2.45, 2.75) is 90.8 Å². The molecular weight excluding hydrogens is 324 g/mol. The fourth-order valence-electron chi connectivity index (χ4n) is 8.21. The van der Waals surface area contributed by atoms with Crippen LogP contribution in [0.3, 0.4) is 0 Å². The highest BCUT2D eigenvalue weighted by atomic mass is 16.5. The number of ether oxygens (including phenoxy) is 1. The van der Waals surface area contributed by atoms with Gasteiger partial charge in [0.05, 0.1) is 11.7 Å². The molecule has 0 aromatic heterocycles. The number of rotatable bonds is 2. The lowest BCUT2D eigenvalue weighted by molar-refractivity contribution is -0.168. The number of carbonyl (C=O) groups is 1. The van der Waals surface area contributed by atoms with Crippen molar-refractivity contribution < 1.29 is 14.6 Å². The van der Waals surface area contributed by atoms with Gasteiger partial charge in [-0.1, -0.05) is 13.8 Å². The molecule has 0 aliphatic heterocycles. The van der Waals surface area contributed by atoms with Crippen LogP contribution >= 0.6 is 0 Å². The monoisotopic (exact) mass is 362 g/mol. The lowest BCUT2D eigenvalue weighted by Gasteiger charge is -2.59. The standard InChI is InChI=1S/C23H38O3/c1-14(24)21(2)11-9-19-17-7-6-15-13-23(4,25)20(26-5)12-18(15)16(17)8-10-22(19,21)3/h15-20,25H,6-13H2,1-5H3/t15-,16-,17+,18-,19-,20-,21?,22-,23-/m0/s1. The van der Waals surface area contributed by atoms with Crippen molar-refractivity contribution in [3.63, 3.8) is 0 Å². The van der Waals surface area contributed by atoms with E-state index in [1.807, 2.05) is 13.8 Å². The molecule has 9 atom stereocenters. The van der Waals surface area contributed by atoms with Crippen LogP contribution in [0.2, 0.25) is 0 Å². The van der Waals surface area contributed by atoms with Crippen molar-refractivity contribution in [2.24, 2.45) is 40.4 Å². The van der Waals surface area contributed by atoms with E-state index in [1.54, 1.807) is 7.11 Å². The maximum Gasteiger partial charge on any atom is 0.136 e. The molecule has 0 amide bonds. The van der Waals surface area contributed by atoms with Crippen molar-refractivity contribution in [3.8, 4) is 0 Å². The van der Waals surface area contributed by atoms with Crippen LogP contribution in [-0.4, -0.2) is 29.7 Å². The summed E-state index contributed by atoms with van der Waals surface area (Å²) in [5, 5.41) is 10.8. The van der Waals surface area contributed by atoms with Crippen molar-refractivity contribution in [1.29, 1.82) is 0 Å². The highest BCUT2D eigenvalue weighted by Crippen LogP contribution is 2.68. The molecule has 0 heterocycles. The largest absolute Gasteiger partial charge is 0.387 e. The summed E-state index contributed by atoms with van der Waals surface area (Å²) < 4.78 is 5.71. The van der Waals surface area contributed by atoms with Gasteiger partial charge in [-0.15, -0.1) is 0 Å². The van der Waals surface area contributed by atoms with Crippen LogP contribution in [-0.2, 0) is 9.53 Å². The van der Waals surface area contributed by atoms with Gasteiger partial charge in [-0.25, -0.2) is 0 Å². The van der Waals surface area contributed by atoms with E-state index in [1.165, 1.54) is 32.1 Å². The molecule has 4 aliphatic carbocycles. The number of Topliss-reactive ketones (excluding diaryl/α,β-unsaturated/α-hetero) is 1. The summed E-state index contributed by atoms with van der Waals surface area (Å²) in [6, 6.07) is 0. The molecule has 4 rings (SSSR count). The van der Waals surface area contributed by atoms with Gasteiger partial charge in [0, 0.05) is 12.5 Å². The Morgan fingerprint density at radius 1 is 1.00 bits per heavy atom. The van der Waals surface area contributed by atoms with Crippen LogP contribution in [0, 0.1) is 40.4 Å². The SMILES string of the molecule is CO[C@H]1C[C@H]2[C@@H](CC[C@@H]3[C@@H]2CC[C@@]2(C)[C@H]3CCC2(C)C(C)=O)C[C@]1(C)O. The first-order chi connectivity index (χ1) is 12.1. The molecule has 0 spiro atoms. The minimum atomic E-state index is -0.674. The average Bonchev–Trinajstić information content (AvgIpc) is 2.86. The molecule has 4 aliphatic rings. The third-order valence-electron chi connectivity index (χ3n) is 10.0. The van der Waals surface area contributed by atoms with Gasteiger partial charge in [-0.3, -0.25) is 4.79 Å². The van der Waals surface area contributed by atoms with E-state index in [9.17, 15) is 9.90 Å². The Morgan fingerprint density at radius 2 is 1.73 bits per heavy atom. The van der Waals surface area contributed by atoms with Gasteiger partial charge in [0.15, 0.2) is 0 Å². The Morgan fingerprint density at radius 3 is 2.38 bits per heavy atom. The van der Waals surface area contributed by atoms with Crippen molar-refractivity contribution in [3.05, 3.63) is 0 Å². The second kappa shape index (κ2) is 6.04. The zero-order valence-corrected chi connectivity index (χ0v) is 17.4. The van der Waals surface area contributed by atoms with Gasteiger partial charge in [-0.05, 0) is 100 Å². The third kappa shape index (κ3) is 2.42. The van der Waals surface area contributed by atoms with Crippen LogP contribution in [0.15, 0.2) is 0 Å². The van der Waals surface area contributed by atoms with Gasteiger partial charge >= 0.3 is 0 Å². The molecule has 0 radical (unpaired) electrons. The van der Waals surface area contributed by atoms with Crippen molar-refractivity contribution >= 4 is 5.78 Å². The third-order valence-corrected chi connectivity index (χ3v) is 10.0. The number of hydrogen-bond donors (Lipinski definition) is 1. The smallest absolute Gasteiger partial charge is 0.136 e. The normalized spacial score (nSPS) is 56.4. The highest BCUT2D eigenvalue weighted by molar-refractivity contribution is 5.83. The fourth-order valence-corrected chi connectivity index (χ4v) is 8.21. The summed E-state index contributed by atoms with van der Waals surface area (Å²) in [4.78, 5) is 12.5. The minimum absolute atomic E-state index is 0.0260. The molecule has 0 aromatic carbocycles. The predicted molar refractivity (Wildman–Crippen MR) is 103 cm³/mol. The molecule has 1 unspecified atom stereocenters. The number of ketones is 1. The number of fused-ring (bicyclic) bond motifs is 5. The Hall–Kier alpha value is -0.410. The molecule has 4 fully saturated rings. The van der Waals surface area contributed by atoms with Crippen molar-refractivity contribution in [2.75, 3.05) is 7.11 Å². The molecule has 0 bridgehead atoms. The predicted octanol–water partition coefficient (Wildman–Crippen LogP) is 4.61. The van der Waals surface area contributed by atoms with Gasteiger partial charge < -0.3 is 9.84 Å². The summed E-state index contributed by atoms with van der Waals surface area (Å²) in [6.45, 7) is 8.47. The molecule has 3 nitrogen and oxygen atoms in total. The van der Waals surface area contributed by atoms with Crippen LogP contribution in [0.5, 0.6) is 0 Å². The van der Waals surface area contributed by atoms with E-state index in [-0.39, 0.29) is 16.9 Å². The molecule has 26 heavy (non-hydrogen) atoms. The lowest BCUT2D eigenvalue weighted by Crippen LogP contribution is -2.56. The highest BCUT2D eigenvalue weighted by Gasteiger charge is 2.63. The van der Waals surface area contributed by atoms with E-state index in [2.05, 4.69) is 13.8 Å². The summed E-state index contributed by atoms with van der Waals surface area (Å²) in [7, 11) is 1.76. The molecule has 4 saturated carbocycles. The molecule has 148 valence electrons. The van der Waals surface area contributed by atoms with E-state index in [4.69, 9.17) is 4.74 Å². The van der Waals surface area contributed by atoms with Crippen LogP contribution in [0.1, 0.15) is 79.1 Å². The number of aliphatic hydroxyl groups is 1. The Bertz CT molecular complexity index is 584. The van der Waals surface area contributed by atoms with Gasteiger partial charge in [0.25, 0.3) is 0 Å². The number of carbonyl (C=O) groups excluding carboxylic acids is 1. The average molecular weight is 363 g/mol. The molecule has 3 heteroatoms. The summed E-state index contributed by atoms with van der Waals surface area (Å²) >= 11 is 0. The van der Waals surface area contributed by atoms with E-state index in [0.717, 1.165) is 31.1 Å². The first-order valence-corrected chi connectivity index (χ1v) is 10.9. The molecule has 0 saturated heterocycles. The minimum Gasteiger partial charge on any atom is -0.387 e. The molecule has 1 N–H and O–H groups in total. The second-order valence-corrected chi connectivity index (χ2v) is 10.8. The fraction of sp³-hybridized carbons (Fsp3) is 0.957. The van der Waals surface area contributed by atoms with Gasteiger partial charge in [0.2, 0.25) is 0 Å². The van der Waals surface area contributed by atoms with Crippen LogP contribution < -0.4 is 0 Å². The Labute approximate surface area is 159 Å². The molecular formula is C23H38O3. The first-order valence-electron chi connectivity index (χ1n) is 10.9. The number of hydrogen-bond acceptors (Lipinski definition) is 3. The zero-order chi connectivity index (χ0) is 18.9. The summed E-state index contributed by atoms with van der Waals surface area (Å²) in [6.07, 6.45) is 9.21. The van der Waals surface area contributed by atoms with Crippen molar-refractivity contribution in [1.82, 2.24) is 0 Å². The second-order valence-electron chi connectivity index (χ2n) is 10.8. The Balaban J connectivity index is 1.60. The van der Waals surface area contributed by atoms with E-state index in [0.29, 0.717) is 23.5 Å². The zero-order valence-electron chi connectivity index (χ0n) is 17.4.